The van der Waals surface area contributed by atoms with E-state index in [1.54, 1.807) is 48.5 Å². The van der Waals surface area contributed by atoms with Crippen molar-refractivity contribution in [3.8, 4) is 0 Å². The predicted octanol–water partition coefficient (Wildman–Crippen LogP) is 4.26. The molecule has 3 aromatic carbocycles. The lowest BCUT2D eigenvalue weighted by atomic mass is 9.89. The van der Waals surface area contributed by atoms with Crippen LogP contribution in [0.2, 0.25) is 0 Å². The summed E-state index contributed by atoms with van der Waals surface area (Å²) in [6.07, 6.45) is -1.08. The molecule has 3 aromatic rings. The molecule has 0 spiro atoms. The number of aryl methyl sites for hydroxylation is 2. The maximum atomic E-state index is 13.7. The minimum atomic E-state index is -1.08. The Morgan fingerprint density at radius 3 is 2.30 bits per heavy atom. The van der Waals surface area contributed by atoms with Crippen molar-refractivity contribution in [2.24, 2.45) is 5.92 Å². The lowest BCUT2D eigenvalue weighted by Gasteiger charge is -2.28. The van der Waals surface area contributed by atoms with E-state index < -0.39 is 34.8 Å². The number of para-hydroxylation sites is 2. The second kappa shape index (κ2) is 7.83. The molecule has 166 valence electrons. The van der Waals surface area contributed by atoms with Gasteiger partial charge in [-0.15, -0.1) is 0 Å². The molecule has 8 nitrogen and oxygen atoms in total. The molecule has 0 unspecified atom stereocenters. The summed E-state index contributed by atoms with van der Waals surface area (Å²) in [5.41, 5.74) is 3.11. The minimum Gasteiger partial charge on any atom is -0.273 e. The summed E-state index contributed by atoms with van der Waals surface area (Å²) >= 11 is 0. The fraction of sp³-hybridized carbons (Fsp3) is 0.200. The Bertz CT molecular complexity index is 1280. The van der Waals surface area contributed by atoms with Crippen LogP contribution in [0.25, 0.3) is 0 Å². The summed E-state index contributed by atoms with van der Waals surface area (Å²) in [4.78, 5) is 45.7. The van der Waals surface area contributed by atoms with Crippen LogP contribution in [0.15, 0.2) is 72.8 Å². The average molecular weight is 443 g/mol. The first-order valence-electron chi connectivity index (χ1n) is 10.6. The van der Waals surface area contributed by atoms with Gasteiger partial charge in [0.05, 0.1) is 21.9 Å². The highest BCUT2D eigenvalue weighted by atomic mass is 16.7. The molecule has 0 aliphatic carbocycles. The number of nitrogens with zero attached hydrogens (tertiary/aromatic N) is 3. The van der Waals surface area contributed by atoms with Gasteiger partial charge in [0.2, 0.25) is 5.91 Å². The molecule has 33 heavy (non-hydrogen) atoms. The quantitative estimate of drug-likeness (QED) is 0.340. The van der Waals surface area contributed by atoms with E-state index in [2.05, 4.69) is 0 Å². The Morgan fingerprint density at radius 1 is 0.909 bits per heavy atom. The third-order valence-electron chi connectivity index (χ3n) is 6.17. The largest absolute Gasteiger partial charge is 0.274 e. The molecule has 3 atom stereocenters. The molecule has 8 heteroatoms. The Balaban J connectivity index is 1.64. The molecule has 2 heterocycles. The Kier molecular flexibility index (Phi) is 4.94. The second-order valence-electron chi connectivity index (χ2n) is 8.28. The molecule has 0 radical (unpaired) electrons. The number of fused-ring (bicyclic) bond motifs is 1. The fourth-order valence-electron chi connectivity index (χ4n) is 4.73. The van der Waals surface area contributed by atoms with Gasteiger partial charge in [0, 0.05) is 6.07 Å². The number of nitro groups is 1. The predicted molar refractivity (Wildman–Crippen MR) is 122 cm³/mol. The number of hydrogen-bond acceptors (Lipinski definition) is 6. The smallest absolute Gasteiger partial charge is 0.273 e. The molecular formula is C25H21N3O5. The van der Waals surface area contributed by atoms with Crippen molar-refractivity contribution >= 4 is 28.9 Å². The number of hydroxylamine groups is 1. The normalized spacial score (nSPS) is 22.1. The highest BCUT2D eigenvalue weighted by Crippen LogP contribution is 2.49. The average Bonchev–Trinajstić information content (AvgIpc) is 3.31. The van der Waals surface area contributed by atoms with Crippen molar-refractivity contribution in [2.75, 3.05) is 9.96 Å². The van der Waals surface area contributed by atoms with Crippen LogP contribution in [0.4, 0.5) is 17.1 Å². The van der Waals surface area contributed by atoms with Gasteiger partial charge in [-0.05, 0) is 43.7 Å². The van der Waals surface area contributed by atoms with Gasteiger partial charge < -0.3 is 0 Å². The summed E-state index contributed by atoms with van der Waals surface area (Å²) < 4.78 is 0. The monoisotopic (exact) mass is 443 g/mol. The number of rotatable bonds is 4. The van der Waals surface area contributed by atoms with E-state index in [9.17, 15) is 19.7 Å². The number of nitro benzene ring substituents is 1. The van der Waals surface area contributed by atoms with Crippen LogP contribution in [0.1, 0.15) is 22.7 Å². The molecule has 5 rings (SSSR count). The van der Waals surface area contributed by atoms with E-state index in [1.165, 1.54) is 11.1 Å². The van der Waals surface area contributed by atoms with Crippen LogP contribution in [-0.2, 0) is 14.4 Å². The number of carbonyl (C=O) groups excluding carboxylic acids is 2. The highest BCUT2D eigenvalue weighted by Gasteiger charge is 2.61. The molecule has 0 N–H and O–H groups in total. The van der Waals surface area contributed by atoms with Crippen molar-refractivity contribution in [2.45, 2.75) is 26.0 Å². The van der Waals surface area contributed by atoms with Gasteiger partial charge in [-0.25, -0.2) is 9.96 Å². The van der Waals surface area contributed by atoms with E-state index in [0.717, 1.165) is 16.0 Å². The summed E-state index contributed by atoms with van der Waals surface area (Å²) in [5, 5.41) is 13.3. The highest BCUT2D eigenvalue weighted by molar-refractivity contribution is 6.24. The molecule has 2 saturated heterocycles. The Hall–Kier alpha value is -4.04. The number of amides is 2. The maximum Gasteiger partial charge on any atom is 0.274 e. The van der Waals surface area contributed by atoms with E-state index in [1.807, 2.05) is 32.0 Å². The summed E-state index contributed by atoms with van der Waals surface area (Å²) in [6.45, 7) is 3.78. The maximum absolute atomic E-state index is 13.7. The molecule has 0 aromatic heterocycles. The van der Waals surface area contributed by atoms with Gasteiger partial charge in [-0.3, -0.25) is 24.5 Å². The Morgan fingerprint density at radius 2 is 1.61 bits per heavy atom. The van der Waals surface area contributed by atoms with Crippen molar-refractivity contribution < 1.29 is 19.3 Å². The van der Waals surface area contributed by atoms with Gasteiger partial charge in [-0.1, -0.05) is 48.0 Å². The topological polar surface area (TPSA) is 93.0 Å². The lowest BCUT2D eigenvalue weighted by molar-refractivity contribution is -0.385. The first-order chi connectivity index (χ1) is 15.9. The van der Waals surface area contributed by atoms with Crippen molar-refractivity contribution in [1.29, 1.82) is 0 Å². The van der Waals surface area contributed by atoms with E-state index in [-0.39, 0.29) is 5.69 Å². The molecule has 2 aliphatic heterocycles. The zero-order valence-electron chi connectivity index (χ0n) is 18.0. The SMILES string of the molecule is Cc1ccc(N2C(=O)[C@H]3[C@@H](ON(c4ccccc4)[C@H]3c3ccccc3[N+](=O)[O-])C2=O)c(C)c1. The lowest BCUT2D eigenvalue weighted by Crippen LogP contribution is -2.37. The van der Waals surface area contributed by atoms with E-state index in [0.29, 0.717) is 16.9 Å². The minimum absolute atomic E-state index is 0.127. The molecule has 0 bridgehead atoms. The van der Waals surface area contributed by atoms with Crippen LogP contribution in [0, 0.1) is 29.9 Å². The van der Waals surface area contributed by atoms with Crippen molar-refractivity contribution in [3.63, 3.8) is 0 Å². The van der Waals surface area contributed by atoms with Gasteiger partial charge >= 0.3 is 0 Å². The van der Waals surface area contributed by atoms with E-state index in [4.69, 9.17) is 4.84 Å². The number of imide groups is 1. The second-order valence-corrected chi connectivity index (χ2v) is 8.28. The number of benzene rings is 3. The van der Waals surface area contributed by atoms with Gasteiger partial charge in [-0.2, -0.15) is 0 Å². The molecular weight excluding hydrogens is 422 g/mol. The number of anilines is 2. The zero-order valence-corrected chi connectivity index (χ0v) is 18.0. The van der Waals surface area contributed by atoms with E-state index >= 15 is 0 Å². The van der Waals surface area contributed by atoms with Gasteiger partial charge in [0.25, 0.3) is 11.6 Å². The summed E-state index contributed by atoms with van der Waals surface area (Å²) in [6, 6.07) is 19.9. The molecule has 0 saturated carbocycles. The first kappa shape index (κ1) is 20.8. The summed E-state index contributed by atoms with van der Waals surface area (Å²) in [7, 11) is 0. The van der Waals surface area contributed by atoms with Crippen molar-refractivity contribution in [3.05, 3.63) is 99.6 Å². The van der Waals surface area contributed by atoms with Gasteiger partial charge in [0.15, 0.2) is 6.10 Å². The molecule has 2 aliphatic rings. The van der Waals surface area contributed by atoms with Crippen LogP contribution in [0.5, 0.6) is 0 Å². The zero-order chi connectivity index (χ0) is 23.3. The third-order valence-corrected chi connectivity index (χ3v) is 6.17. The van der Waals surface area contributed by atoms with Crippen LogP contribution < -0.4 is 9.96 Å². The Labute approximate surface area is 190 Å². The van der Waals surface area contributed by atoms with Crippen LogP contribution >= 0.6 is 0 Å². The molecule has 2 fully saturated rings. The van der Waals surface area contributed by atoms with Crippen LogP contribution in [-0.4, -0.2) is 22.8 Å². The van der Waals surface area contributed by atoms with Gasteiger partial charge in [0.1, 0.15) is 12.0 Å². The standard InChI is InChI=1S/C25H21N3O5/c1-15-12-13-19(16(2)14-15)26-24(29)21-22(18-10-6-7-11-20(18)28(31)32)27(33-23(21)25(26)30)17-8-4-3-5-9-17/h3-14,21-23H,1-2H3/t21-,22+,23-/m1/s1. The van der Waals surface area contributed by atoms with Crippen LogP contribution in [0.3, 0.4) is 0 Å². The fourth-order valence-corrected chi connectivity index (χ4v) is 4.73. The first-order valence-corrected chi connectivity index (χ1v) is 10.6. The van der Waals surface area contributed by atoms with Crippen molar-refractivity contribution in [1.82, 2.24) is 0 Å². The third kappa shape index (κ3) is 3.27. The molecule has 2 amide bonds. The summed E-state index contributed by atoms with van der Waals surface area (Å²) in [5.74, 6) is -1.84. The number of carbonyl (C=O) groups is 2. The number of hydrogen-bond donors (Lipinski definition) is 0.